The summed E-state index contributed by atoms with van der Waals surface area (Å²) in [7, 11) is 0. The summed E-state index contributed by atoms with van der Waals surface area (Å²) < 4.78 is 5.02. The van der Waals surface area contributed by atoms with Gasteiger partial charge in [-0.2, -0.15) is 4.98 Å². The van der Waals surface area contributed by atoms with Crippen molar-refractivity contribution in [3.63, 3.8) is 0 Å². The van der Waals surface area contributed by atoms with E-state index in [0.29, 0.717) is 31.1 Å². The van der Waals surface area contributed by atoms with Crippen molar-refractivity contribution in [1.29, 1.82) is 0 Å². The molecule has 1 N–H and O–H groups in total. The van der Waals surface area contributed by atoms with Gasteiger partial charge in [0.1, 0.15) is 5.54 Å². The van der Waals surface area contributed by atoms with Gasteiger partial charge in [0.15, 0.2) is 5.82 Å². The summed E-state index contributed by atoms with van der Waals surface area (Å²) in [6.07, 6.45) is 2.26. The zero-order valence-corrected chi connectivity index (χ0v) is 10.1. The molecular weight excluding hydrogens is 222 g/mol. The van der Waals surface area contributed by atoms with Crippen LogP contribution in [0.4, 0.5) is 0 Å². The normalized spacial score (nSPS) is 25.3. The first kappa shape index (κ1) is 12.0. The van der Waals surface area contributed by atoms with Crippen molar-refractivity contribution in [1.82, 2.24) is 15.0 Å². The second-order valence-electron chi connectivity index (χ2n) is 4.56. The molecule has 0 aliphatic carbocycles. The number of aryl methyl sites for hydroxylation is 1. The van der Waals surface area contributed by atoms with E-state index in [1.807, 2.05) is 11.8 Å². The molecule has 0 amide bonds. The van der Waals surface area contributed by atoms with Gasteiger partial charge in [-0.15, -0.1) is 0 Å². The molecule has 0 bridgehead atoms. The van der Waals surface area contributed by atoms with Gasteiger partial charge in [-0.3, -0.25) is 9.69 Å². The molecule has 2 heterocycles. The molecule has 1 aromatic heterocycles. The van der Waals surface area contributed by atoms with Crippen molar-refractivity contribution in [3.05, 3.63) is 11.7 Å². The first-order valence-corrected chi connectivity index (χ1v) is 5.86. The van der Waals surface area contributed by atoms with Gasteiger partial charge >= 0.3 is 5.97 Å². The highest BCUT2D eigenvalue weighted by molar-refractivity contribution is 5.78. The third kappa shape index (κ3) is 2.17. The van der Waals surface area contributed by atoms with Gasteiger partial charge in [-0.1, -0.05) is 12.1 Å². The lowest BCUT2D eigenvalue weighted by molar-refractivity contribution is -0.149. The summed E-state index contributed by atoms with van der Waals surface area (Å²) in [5.41, 5.74) is -0.799. The molecule has 1 aliphatic heterocycles. The van der Waals surface area contributed by atoms with Crippen LogP contribution in [0.15, 0.2) is 4.52 Å². The fourth-order valence-electron chi connectivity index (χ4n) is 2.18. The number of nitrogens with zero attached hydrogens (tertiary/aromatic N) is 3. The minimum Gasteiger partial charge on any atom is -0.480 e. The average molecular weight is 239 g/mol. The van der Waals surface area contributed by atoms with Gasteiger partial charge in [0.2, 0.25) is 5.89 Å². The van der Waals surface area contributed by atoms with Gasteiger partial charge < -0.3 is 9.63 Å². The van der Waals surface area contributed by atoms with E-state index < -0.39 is 11.5 Å². The Hall–Kier alpha value is -1.43. The molecule has 17 heavy (non-hydrogen) atoms. The largest absolute Gasteiger partial charge is 0.480 e. The molecule has 0 radical (unpaired) electrons. The Labute approximate surface area is 99.6 Å². The Morgan fingerprint density at radius 3 is 3.00 bits per heavy atom. The zero-order valence-electron chi connectivity index (χ0n) is 10.1. The molecule has 94 valence electrons. The number of aliphatic carboxylic acids is 1. The van der Waals surface area contributed by atoms with Crippen molar-refractivity contribution < 1.29 is 14.4 Å². The standard InChI is InChI=1S/C11H17N3O3/c1-3-9-12-8(13-17-9)7-14-6-4-5-11(14,2)10(15)16/h3-7H2,1-2H3,(H,15,16). The molecular formula is C11H17N3O3. The number of rotatable bonds is 4. The van der Waals surface area contributed by atoms with Crippen LogP contribution in [0.1, 0.15) is 38.4 Å². The van der Waals surface area contributed by atoms with E-state index in [9.17, 15) is 9.90 Å². The predicted molar refractivity (Wildman–Crippen MR) is 59.4 cm³/mol. The second kappa shape index (κ2) is 4.44. The van der Waals surface area contributed by atoms with E-state index in [1.54, 1.807) is 6.92 Å². The van der Waals surface area contributed by atoms with Crippen LogP contribution in [0.2, 0.25) is 0 Å². The zero-order chi connectivity index (χ0) is 12.5. The first-order chi connectivity index (χ1) is 8.06. The molecule has 0 aromatic carbocycles. The maximum Gasteiger partial charge on any atom is 0.323 e. The van der Waals surface area contributed by atoms with E-state index in [0.717, 1.165) is 13.0 Å². The molecule has 1 unspecified atom stereocenters. The smallest absolute Gasteiger partial charge is 0.323 e. The van der Waals surface area contributed by atoms with Crippen LogP contribution >= 0.6 is 0 Å². The van der Waals surface area contributed by atoms with E-state index in [4.69, 9.17) is 4.52 Å². The lowest BCUT2D eigenvalue weighted by atomic mass is 9.99. The number of aromatic nitrogens is 2. The highest BCUT2D eigenvalue weighted by Gasteiger charge is 2.43. The van der Waals surface area contributed by atoms with Crippen LogP contribution in [-0.2, 0) is 17.8 Å². The van der Waals surface area contributed by atoms with Crippen LogP contribution in [0.3, 0.4) is 0 Å². The number of carboxylic acids is 1. The van der Waals surface area contributed by atoms with E-state index in [2.05, 4.69) is 10.1 Å². The second-order valence-corrected chi connectivity index (χ2v) is 4.56. The summed E-state index contributed by atoms with van der Waals surface area (Å²) in [5, 5.41) is 13.1. The summed E-state index contributed by atoms with van der Waals surface area (Å²) >= 11 is 0. The number of carboxylic acid groups (broad SMARTS) is 1. The third-order valence-corrected chi connectivity index (χ3v) is 3.40. The average Bonchev–Trinajstić information content (AvgIpc) is 2.88. The SMILES string of the molecule is CCc1nc(CN2CCCC2(C)C(=O)O)no1. The Kier molecular flexibility index (Phi) is 3.15. The molecule has 6 heteroatoms. The third-order valence-electron chi connectivity index (χ3n) is 3.40. The minimum atomic E-state index is -0.799. The van der Waals surface area contributed by atoms with Crippen molar-refractivity contribution >= 4 is 5.97 Å². The Morgan fingerprint density at radius 2 is 2.41 bits per heavy atom. The lowest BCUT2D eigenvalue weighted by Crippen LogP contribution is -2.47. The van der Waals surface area contributed by atoms with Crippen LogP contribution in [-0.4, -0.2) is 38.2 Å². The van der Waals surface area contributed by atoms with Crippen LogP contribution in [0.5, 0.6) is 0 Å². The van der Waals surface area contributed by atoms with Gasteiger partial charge in [-0.25, -0.2) is 0 Å². The van der Waals surface area contributed by atoms with E-state index >= 15 is 0 Å². The Balaban J connectivity index is 2.10. The highest BCUT2D eigenvalue weighted by Crippen LogP contribution is 2.30. The molecule has 1 fully saturated rings. The number of likely N-dealkylation sites (tertiary alicyclic amines) is 1. The predicted octanol–water partition coefficient (Wildman–Crippen LogP) is 1.07. The molecule has 0 saturated carbocycles. The molecule has 2 rings (SSSR count). The molecule has 6 nitrogen and oxygen atoms in total. The summed E-state index contributed by atoms with van der Waals surface area (Å²) in [6, 6.07) is 0. The summed E-state index contributed by atoms with van der Waals surface area (Å²) in [5.74, 6) is 0.377. The molecule has 1 saturated heterocycles. The molecule has 1 atom stereocenters. The van der Waals surface area contributed by atoms with E-state index in [-0.39, 0.29) is 0 Å². The Bertz CT molecular complexity index is 418. The van der Waals surface area contributed by atoms with Crippen molar-refractivity contribution in [3.8, 4) is 0 Å². The lowest BCUT2D eigenvalue weighted by Gasteiger charge is -2.29. The first-order valence-electron chi connectivity index (χ1n) is 5.86. The van der Waals surface area contributed by atoms with Crippen LogP contribution < -0.4 is 0 Å². The van der Waals surface area contributed by atoms with Crippen molar-refractivity contribution in [2.24, 2.45) is 0 Å². The van der Waals surface area contributed by atoms with Gasteiger partial charge in [0.25, 0.3) is 0 Å². The van der Waals surface area contributed by atoms with Crippen molar-refractivity contribution in [2.45, 2.75) is 45.2 Å². The summed E-state index contributed by atoms with van der Waals surface area (Å²) in [6.45, 7) is 4.89. The van der Waals surface area contributed by atoms with E-state index in [1.165, 1.54) is 0 Å². The number of carbonyl (C=O) groups is 1. The maximum absolute atomic E-state index is 11.3. The topological polar surface area (TPSA) is 79.5 Å². The summed E-state index contributed by atoms with van der Waals surface area (Å²) in [4.78, 5) is 17.4. The highest BCUT2D eigenvalue weighted by atomic mass is 16.5. The number of hydrogen-bond donors (Lipinski definition) is 1. The number of hydrogen-bond acceptors (Lipinski definition) is 5. The molecule has 1 aromatic rings. The van der Waals surface area contributed by atoms with Crippen LogP contribution in [0.25, 0.3) is 0 Å². The molecule has 1 aliphatic rings. The minimum absolute atomic E-state index is 0.437. The quantitative estimate of drug-likeness (QED) is 0.846. The van der Waals surface area contributed by atoms with Crippen LogP contribution in [0, 0.1) is 0 Å². The fraction of sp³-hybridized carbons (Fsp3) is 0.727. The Morgan fingerprint density at radius 1 is 1.65 bits per heavy atom. The molecule has 0 spiro atoms. The maximum atomic E-state index is 11.3. The van der Waals surface area contributed by atoms with Gasteiger partial charge in [0, 0.05) is 6.42 Å². The van der Waals surface area contributed by atoms with Gasteiger partial charge in [-0.05, 0) is 26.3 Å². The fourth-order valence-corrected chi connectivity index (χ4v) is 2.18. The van der Waals surface area contributed by atoms with Crippen molar-refractivity contribution in [2.75, 3.05) is 6.54 Å². The van der Waals surface area contributed by atoms with Gasteiger partial charge in [0.05, 0.1) is 6.54 Å². The monoisotopic (exact) mass is 239 g/mol.